The molecule has 4 heteroatoms. The molecule has 0 radical (unpaired) electrons. The summed E-state index contributed by atoms with van der Waals surface area (Å²) in [6.07, 6.45) is 1.73. The minimum absolute atomic E-state index is 0.0355. The van der Waals surface area contributed by atoms with Crippen molar-refractivity contribution in [2.24, 2.45) is 5.73 Å². The Kier molecular flexibility index (Phi) is 4.56. The molecule has 1 aliphatic rings. The molecular formula is C15H21NO3. The number of hydrogen-bond acceptors (Lipinski definition) is 4. The Morgan fingerprint density at radius 2 is 2.26 bits per heavy atom. The van der Waals surface area contributed by atoms with Gasteiger partial charge in [-0.2, -0.15) is 0 Å². The maximum atomic E-state index is 12.2. The third-order valence-electron chi connectivity index (χ3n) is 3.53. The molecular weight excluding hydrogens is 242 g/mol. The fourth-order valence-corrected chi connectivity index (χ4v) is 2.46. The lowest BCUT2D eigenvalue weighted by molar-refractivity contribution is -0.128. The maximum Gasteiger partial charge on any atom is 0.166 e. The summed E-state index contributed by atoms with van der Waals surface area (Å²) in [5, 5.41) is 0. The summed E-state index contributed by atoms with van der Waals surface area (Å²) in [7, 11) is 1.62. The summed E-state index contributed by atoms with van der Waals surface area (Å²) >= 11 is 0. The van der Waals surface area contributed by atoms with Gasteiger partial charge in [0.1, 0.15) is 11.9 Å². The van der Waals surface area contributed by atoms with Crippen LogP contribution in [0.4, 0.5) is 0 Å². The van der Waals surface area contributed by atoms with Crippen LogP contribution in [0, 0.1) is 6.92 Å². The highest BCUT2D eigenvalue weighted by Gasteiger charge is 2.29. The molecule has 1 aromatic carbocycles. The van der Waals surface area contributed by atoms with Gasteiger partial charge >= 0.3 is 0 Å². The van der Waals surface area contributed by atoms with Crippen molar-refractivity contribution < 1.29 is 14.3 Å². The summed E-state index contributed by atoms with van der Waals surface area (Å²) in [5.41, 5.74) is 7.60. The molecule has 2 N–H and O–H groups in total. The summed E-state index contributed by atoms with van der Waals surface area (Å²) in [6.45, 7) is 2.49. The Bertz CT molecular complexity index is 459. The van der Waals surface area contributed by atoms with Gasteiger partial charge in [0.25, 0.3) is 0 Å². The zero-order valence-electron chi connectivity index (χ0n) is 11.5. The molecule has 4 nitrogen and oxygen atoms in total. The lowest BCUT2D eigenvalue weighted by atomic mass is 10.0. The van der Waals surface area contributed by atoms with E-state index >= 15 is 0 Å². The van der Waals surface area contributed by atoms with Crippen LogP contribution in [0.15, 0.2) is 18.2 Å². The van der Waals surface area contributed by atoms with Crippen LogP contribution in [0.2, 0.25) is 0 Å². The number of nitrogens with two attached hydrogens (primary N) is 1. The van der Waals surface area contributed by atoms with Gasteiger partial charge in [-0.05, 0) is 25.8 Å². The lowest BCUT2D eigenvalue weighted by Crippen LogP contribution is -2.26. The molecule has 19 heavy (non-hydrogen) atoms. The second-order valence-corrected chi connectivity index (χ2v) is 5.02. The van der Waals surface area contributed by atoms with E-state index in [-0.39, 0.29) is 18.0 Å². The number of carbonyl (C=O) groups excluding carboxylic acids is 1. The van der Waals surface area contributed by atoms with E-state index in [9.17, 15) is 4.79 Å². The average Bonchev–Trinajstić information content (AvgIpc) is 2.88. The number of ketones is 1. The van der Waals surface area contributed by atoms with Crippen LogP contribution >= 0.6 is 0 Å². The van der Waals surface area contributed by atoms with Crippen LogP contribution in [-0.2, 0) is 16.0 Å². The smallest absolute Gasteiger partial charge is 0.166 e. The molecule has 0 spiro atoms. The predicted octanol–water partition coefficient (Wildman–Crippen LogP) is 1.62. The van der Waals surface area contributed by atoms with Crippen LogP contribution in [0.3, 0.4) is 0 Å². The van der Waals surface area contributed by atoms with Gasteiger partial charge in [0.05, 0.1) is 13.2 Å². The van der Waals surface area contributed by atoms with Crippen LogP contribution in [0.5, 0.6) is 5.75 Å². The number of methoxy groups -OCH3 is 1. The zero-order chi connectivity index (χ0) is 13.8. The average molecular weight is 263 g/mol. The topological polar surface area (TPSA) is 61.5 Å². The molecule has 1 heterocycles. The monoisotopic (exact) mass is 263 g/mol. The fraction of sp³-hybridized carbons (Fsp3) is 0.533. The van der Waals surface area contributed by atoms with E-state index in [1.807, 2.05) is 25.1 Å². The van der Waals surface area contributed by atoms with E-state index in [1.54, 1.807) is 7.11 Å². The number of rotatable bonds is 5. The van der Waals surface area contributed by atoms with E-state index in [4.69, 9.17) is 15.2 Å². The van der Waals surface area contributed by atoms with E-state index in [0.717, 1.165) is 29.7 Å². The van der Waals surface area contributed by atoms with Gasteiger partial charge in [-0.15, -0.1) is 0 Å². The van der Waals surface area contributed by atoms with Gasteiger partial charge < -0.3 is 15.2 Å². The second kappa shape index (κ2) is 6.17. The Balaban J connectivity index is 2.05. The Morgan fingerprint density at radius 3 is 2.89 bits per heavy atom. The quantitative estimate of drug-likeness (QED) is 0.877. The largest absolute Gasteiger partial charge is 0.496 e. The number of benzene rings is 1. The summed E-state index contributed by atoms with van der Waals surface area (Å²) < 4.78 is 10.9. The molecule has 0 aromatic heterocycles. The molecule has 0 amide bonds. The molecule has 2 atom stereocenters. The molecule has 0 aliphatic carbocycles. The van der Waals surface area contributed by atoms with E-state index in [1.165, 1.54) is 0 Å². The SMILES string of the molecule is COc1ccc(C)cc1CC(=O)C1CCC(CN)O1. The number of Topliss-reactive ketones (excluding diaryl/α,β-unsaturated/α-hetero) is 1. The van der Waals surface area contributed by atoms with Gasteiger partial charge in [-0.3, -0.25) is 4.79 Å². The second-order valence-electron chi connectivity index (χ2n) is 5.02. The summed E-state index contributed by atoms with van der Waals surface area (Å²) in [6, 6.07) is 5.87. The first kappa shape index (κ1) is 14.0. The highest BCUT2D eigenvalue weighted by atomic mass is 16.5. The van der Waals surface area contributed by atoms with Gasteiger partial charge in [0.15, 0.2) is 5.78 Å². The first-order chi connectivity index (χ1) is 9.13. The summed E-state index contributed by atoms with van der Waals surface area (Å²) in [5.74, 6) is 0.868. The number of carbonyl (C=O) groups is 1. The Hall–Kier alpha value is -1.39. The first-order valence-corrected chi connectivity index (χ1v) is 6.65. The highest BCUT2D eigenvalue weighted by Crippen LogP contribution is 2.24. The Labute approximate surface area is 113 Å². The third-order valence-corrected chi connectivity index (χ3v) is 3.53. The standard InChI is InChI=1S/C15H21NO3/c1-10-3-5-14(18-2)11(7-10)8-13(17)15-6-4-12(9-16)19-15/h3,5,7,12,15H,4,6,8-9,16H2,1-2H3. The van der Waals surface area contributed by atoms with Crippen molar-refractivity contribution in [3.63, 3.8) is 0 Å². The molecule has 1 fully saturated rings. The third kappa shape index (κ3) is 3.33. The maximum absolute atomic E-state index is 12.2. The minimum atomic E-state index is -0.307. The normalized spacial score (nSPS) is 22.5. The number of hydrogen-bond donors (Lipinski definition) is 1. The number of ether oxygens (including phenoxy) is 2. The van der Waals surface area contributed by atoms with Crippen molar-refractivity contribution in [3.05, 3.63) is 29.3 Å². The van der Waals surface area contributed by atoms with E-state index in [0.29, 0.717) is 13.0 Å². The zero-order valence-corrected chi connectivity index (χ0v) is 11.5. The molecule has 104 valence electrons. The van der Waals surface area contributed by atoms with Crippen LogP contribution in [-0.4, -0.2) is 31.6 Å². The van der Waals surface area contributed by atoms with Crippen molar-refractivity contribution >= 4 is 5.78 Å². The minimum Gasteiger partial charge on any atom is -0.496 e. The molecule has 1 aromatic rings. The lowest BCUT2D eigenvalue weighted by Gasteiger charge is -2.13. The van der Waals surface area contributed by atoms with E-state index < -0.39 is 0 Å². The van der Waals surface area contributed by atoms with E-state index in [2.05, 4.69) is 0 Å². The van der Waals surface area contributed by atoms with Gasteiger partial charge in [-0.1, -0.05) is 17.7 Å². The van der Waals surface area contributed by atoms with Crippen molar-refractivity contribution in [1.82, 2.24) is 0 Å². The van der Waals surface area contributed by atoms with Crippen LogP contribution in [0.25, 0.3) is 0 Å². The van der Waals surface area contributed by atoms with Gasteiger partial charge in [0.2, 0.25) is 0 Å². The molecule has 0 saturated carbocycles. The van der Waals surface area contributed by atoms with Gasteiger partial charge in [-0.25, -0.2) is 0 Å². The van der Waals surface area contributed by atoms with Crippen molar-refractivity contribution in [2.75, 3.05) is 13.7 Å². The van der Waals surface area contributed by atoms with Crippen LogP contribution in [0.1, 0.15) is 24.0 Å². The molecule has 2 rings (SSSR count). The highest BCUT2D eigenvalue weighted by molar-refractivity contribution is 5.86. The molecule has 2 unspecified atom stereocenters. The fourth-order valence-electron chi connectivity index (χ4n) is 2.46. The van der Waals surface area contributed by atoms with Gasteiger partial charge in [0, 0.05) is 18.5 Å². The van der Waals surface area contributed by atoms with Crippen LogP contribution < -0.4 is 10.5 Å². The van der Waals surface area contributed by atoms with Crippen molar-refractivity contribution in [1.29, 1.82) is 0 Å². The number of aryl methyl sites for hydroxylation is 1. The summed E-state index contributed by atoms with van der Waals surface area (Å²) in [4.78, 5) is 12.2. The molecule has 1 aliphatic heterocycles. The Morgan fingerprint density at radius 1 is 1.47 bits per heavy atom. The molecule has 1 saturated heterocycles. The van der Waals surface area contributed by atoms with Crippen molar-refractivity contribution in [2.45, 2.75) is 38.4 Å². The van der Waals surface area contributed by atoms with Crippen molar-refractivity contribution in [3.8, 4) is 5.75 Å². The predicted molar refractivity (Wildman–Crippen MR) is 73.4 cm³/mol. The first-order valence-electron chi connectivity index (χ1n) is 6.65. The molecule has 0 bridgehead atoms.